The molecule has 1 heterocycles. The first kappa shape index (κ1) is 16.4. The Bertz CT molecular complexity index is 866. The Morgan fingerprint density at radius 2 is 1.87 bits per heavy atom. The molecule has 1 aliphatic rings. The highest BCUT2D eigenvalue weighted by Crippen LogP contribution is 2.27. The molecule has 122 valence electrons. The Morgan fingerprint density at radius 3 is 2.61 bits per heavy atom. The van der Waals surface area contributed by atoms with Crippen LogP contribution in [0.1, 0.15) is 12.8 Å². The zero-order valence-electron chi connectivity index (χ0n) is 12.3. The summed E-state index contributed by atoms with van der Waals surface area (Å²) in [5, 5.41) is 10.9. The van der Waals surface area contributed by atoms with Gasteiger partial charge < -0.3 is 5.11 Å². The lowest BCUT2D eigenvalue weighted by Gasteiger charge is -2.29. The third-order valence-electron chi connectivity index (χ3n) is 4.14. The molecule has 1 fully saturated rings. The summed E-state index contributed by atoms with van der Waals surface area (Å²) in [4.78, 5) is 11.4. The van der Waals surface area contributed by atoms with Crippen LogP contribution in [-0.2, 0) is 14.8 Å². The first-order chi connectivity index (χ1) is 10.9. The number of benzene rings is 2. The van der Waals surface area contributed by atoms with Crippen LogP contribution in [0, 0.1) is 5.92 Å². The molecule has 0 aliphatic carbocycles. The van der Waals surface area contributed by atoms with E-state index in [1.165, 1.54) is 4.31 Å². The van der Waals surface area contributed by atoms with Gasteiger partial charge in [0, 0.05) is 17.6 Å². The Morgan fingerprint density at radius 1 is 1.17 bits per heavy atom. The number of nitrogens with zero attached hydrogens (tertiary/aromatic N) is 1. The fraction of sp³-hybridized carbons (Fsp3) is 0.312. The molecule has 2 aromatic rings. The molecule has 0 saturated carbocycles. The van der Waals surface area contributed by atoms with E-state index in [1.54, 1.807) is 18.2 Å². The van der Waals surface area contributed by atoms with Crippen molar-refractivity contribution >= 4 is 42.7 Å². The molecule has 5 nitrogen and oxygen atoms in total. The highest BCUT2D eigenvalue weighted by Gasteiger charge is 2.33. The molecule has 23 heavy (non-hydrogen) atoms. The summed E-state index contributed by atoms with van der Waals surface area (Å²) in [6.45, 7) is 0.403. The van der Waals surface area contributed by atoms with Crippen molar-refractivity contribution in [1.29, 1.82) is 0 Å². The molecule has 1 saturated heterocycles. The van der Waals surface area contributed by atoms with Gasteiger partial charge in [0.1, 0.15) is 0 Å². The van der Waals surface area contributed by atoms with E-state index in [9.17, 15) is 13.2 Å². The van der Waals surface area contributed by atoms with Gasteiger partial charge in [-0.2, -0.15) is 4.31 Å². The van der Waals surface area contributed by atoms with E-state index in [-0.39, 0.29) is 11.4 Å². The molecule has 3 rings (SSSR count). The summed E-state index contributed by atoms with van der Waals surface area (Å²) in [5.74, 6) is -1.57. The summed E-state index contributed by atoms with van der Waals surface area (Å²) >= 11 is 3.39. The maximum absolute atomic E-state index is 12.8. The van der Waals surface area contributed by atoms with Crippen molar-refractivity contribution in [1.82, 2.24) is 4.31 Å². The highest BCUT2D eigenvalue weighted by atomic mass is 79.9. The normalized spacial score (nSPS) is 19.8. The number of carbonyl (C=O) groups is 1. The highest BCUT2D eigenvalue weighted by molar-refractivity contribution is 9.10. The van der Waals surface area contributed by atoms with E-state index < -0.39 is 21.9 Å². The van der Waals surface area contributed by atoms with Crippen LogP contribution in [0.2, 0.25) is 0 Å². The van der Waals surface area contributed by atoms with Crippen LogP contribution in [0.4, 0.5) is 0 Å². The summed E-state index contributed by atoms with van der Waals surface area (Å²) in [7, 11) is -3.67. The fourth-order valence-electron chi connectivity index (χ4n) is 2.87. The topological polar surface area (TPSA) is 74.7 Å². The van der Waals surface area contributed by atoms with E-state index in [0.717, 1.165) is 15.2 Å². The van der Waals surface area contributed by atoms with Crippen molar-refractivity contribution in [3.05, 3.63) is 40.9 Å². The van der Waals surface area contributed by atoms with Crippen LogP contribution in [0.15, 0.2) is 45.8 Å². The molecule has 1 aliphatic heterocycles. The Hall–Kier alpha value is -1.44. The van der Waals surface area contributed by atoms with Crippen molar-refractivity contribution in [2.24, 2.45) is 5.92 Å². The number of sulfonamides is 1. The van der Waals surface area contributed by atoms with Gasteiger partial charge in [0.2, 0.25) is 10.0 Å². The maximum Gasteiger partial charge on any atom is 0.307 e. The number of piperidine rings is 1. The minimum atomic E-state index is -3.67. The molecule has 0 bridgehead atoms. The van der Waals surface area contributed by atoms with Crippen molar-refractivity contribution in [2.45, 2.75) is 17.7 Å². The third-order valence-corrected chi connectivity index (χ3v) is 6.50. The second kappa shape index (κ2) is 6.22. The number of rotatable bonds is 3. The summed E-state index contributed by atoms with van der Waals surface area (Å²) in [6.07, 6.45) is 1.09. The molecule has 0 amide bonds. The van der Waals surface area contributed by atoms with E-state index in [2.05, 4.69) is 15.9 Å². The van der Waals surface area contributed by atoms with Crippen LogP contribution in [0.3, 0.4) is 0 Å². The van der Waals surface area contributed by atoms with Crippen LogP contribution in [-0.4, -0.2) is 36.9 Å². The number of aliphatic carboxylic acids is 1. The number of fused-ring (bicyclic) bond motifs is 1. The van der Waals surface area contributed by atoms with Crippen molar-refractivity contribution in [2.75, 3.05) is 13.1 Å². The minimum absolute atomic E-state index is 0.0377. The van der Waals surface area contributed by atoms with Gasteiger partial charge in [-0.05, 0) is 47.9 Å². The standard InChI is InChI=1S/C16H16BrNO4S/c17-14-5-3-12-9-15(6-4-11(12)8-14)23(21,22)18-7-1-2-13(10-18)16(19)20/h3-6,8-9,13H,1-2,7,10H2,(H,19,20). The summed E-state index contributed by atoms with van der Waals surface area (Å²) in [5.41, 5.74) is 0. The number of hydrogen-bond donors (Lipinski definition) is 1. The Labute approximate surface area is 143 Å². The van der Waals surface area contributed by atoms with Crippen molar-refractivity contribution in [3.63, 3.8) is 0 Å². The van der Waals surface area contributed by atoms with E-state index in [1.807, 2.05) is 18.2 Å². The van der Waals surface area contributed by atoms with Crippen LogP contribution in [0.5, 0.6) is 0 Å². The third kappa shape index (κ3) is 3.27. The lowest BCUT2D eigenvalue weighted by Crippen LogP contribution is -2.42. The molecule has 1 N–H and O–H groups in total. The van der Waals surface area contributed by atoms with Gasteiger partial charge in [-0.25, -0.2) is 8.42 Å². The van der Waals surface area contributed by atoms with Gasteiger partial charge in [-0.3, -0.25) is 4.79 Å². The number of carboxylic acid groups (broad SMARTS) is 1. The molecule has 2 aromatic carbocycles. The summed E-state index contributed by atoms with van der Waals surface area (Å²) in [6, 6.07) is 10.6. The van der Waals surface area contributed by atoms with Crippen LogP contribution in [0.25, 0.3) is 10.8 Å². The van der Waals surface area contributed by atoms with Gasteiger partial charge in [0.05, 0.1) is 10.8 Å². The lowest BCUT2D eigenvalue weighted by molar-refractivity contribution is -0.142. The zero-order chi connectivity index (χ0) is 16.6. The van der Waals surface area contributed by atoms with Gasteiger partial charge in [-0.1, -0.05) is 28.1 Å². The number of carboxylic acids is 1. The number of halogens is 1. The molecule has 0 spiro atoms. The molecular formula is C16H16BrNO4S. The van der Waals surface area contributed by atoms with Gasteiger partial charge in [0.15, 0.2) is 0 Å². The smallest absolute Gasteiger partial charge is 0.307 e. The second-order valence-electron chi connectivity index (χ2n) is 5.69. The maximum atomic E-state index is 12.8. The predicted octanol–water partition coefficient (Wildman–Crippen LogP) is 3.09. The molecule has 0 aromatic heterocycles. The zero-order valence-corrected chi connectivity index (χ0v) is 14.7. The molecule has 0 radical (unpaired) electrons. The fourth-order valence-corrected chi connectivity index (χ4v) is 4.80. The van der Waals surface area contributed by atoms with Gasteiger partial charge in [0.25, 0.3) is 0 Å². The number of hydrogen-bond acceptors (Lipinski definition) is 3. The van der Waals surface area contributed by atoms with E-state index in [4.69, 9.17) is 5.11 Å². The largest absolute Gasteiger partial charge is 0.481 e. The SMILES string of the molecule is O=C(O)C1CCCN(S(=O)(=O)c2ccc3cc(Br)ccc3c2)C1. The monoisotopic (exact) mass is 397 g/mol. The second-order valence-corrected chi connectivity index (χ2v) is 8.55. The van der Waals surface area contributed by atoms with Gasteiger partial charge in [-0.15, -0.1) is 0 Å². The molecule has 7 heteroatoms. The van der Waals surface area contributed by atoms with Crippen LogP contribution >= 0.6 is 15.9 Å². The average molecular weight is 398 g/mol. The molecule has 1 unspecified atom stereocenters. The first-order valence-corrected chi connectivity index (χ1v) is 9.53. The quantitative estimate of drug-likeness (QED) is 0.863. The van der Waals surface area contributed by atoms with Crippen molar-refractivity contribution < 1.29 is 18.3 Å². The Balaban J connectivity index is 1.95. The van der Waals surface area contributed by atoms with E-state index >= 15 is 0 Å². The van der Waals surface area contributed by atoms with Crippen LogP contribution < -0.4 is 0 Å². The van der Waals surface area contributed by atoms with Gasteiger partial charge >= 0.3 is 5.97 Å². The summed E-state index contributed by atoms with van der Waals surface area (Å²) < 4.78 is 27.8. The lowest BCUT2D eigenvalue weighted by atomic mass is 10.0. The minimum Gasteiger partial charge on any atom is -0.481 e. The van der Waals surface area contributed by atoms with Crippen molar-refractivity contribution in [3.8, 4) is 0 Å². The molecular weight excluding hydrogens is 382 g/mol. The average Bonchev–Trinajstić information content (AvgIpc) is 2.54. The van der Waals surface area contributed by atoms with E-state index in [0.29, 0.717) is 19.4 Å². The first-order valence-electron chi connectivity index (χ1n) is 7.30. The predicted molar refractivity (Wildman–Crippen MR) is 90.8 cm³/mol. The molecule has 1 atom stereocenters. The Kier molecular flexibility index (Phi) is 4.44.